The molecule has 3 rings (SSSR count). The second-order valence-electron chi connectivity index (χ2n) is 5.05. The maximum absolute atomic E-state index is 11.1. The molecule has 4 heteroatoms. The van der Waals surface area contributed by atoms with Crippen molar-refractivity contribution in [2.75, 3.05) is 5.32 Å². The van der Waals surface area contributed by atoms with Crippen molar-refractivity contribution in [3.05, 3.63) is 59.5 Å². The number of thiazole rings is 1. The quantitative estimate of drug-likeness (QED) is 0.759. The van der Waals surface area contributed by atoms with Gasteiger partial charge in [0.05, 0.1) is 5.69 Å². The Morgan fingerprint density at radius 1 is 1.00 bits per heavy atom. The highest BCUT2D eigenvalue weighted by Crippen LogP contribution is 2.33. The van der Waals surface area contributed by atoms with E-state index in [2.05, 4.69) is 24.4 Å². The maximum Gasteiger partial charge on any atom is 0.221 e. The zero-order valence-corrected chi connectivity index (χ0v) is 13.3. The lowest BCUT2D eigenvalue weighted by Gasteiger charge is -2.03. The number of hydrogen-bond acceptors (Lipinski definition) is 3. The number of hydrogen-bond donors (Lipinski definition) is 1. The molecule has 0 spiro atoms. The largest absolute Gasteiger partial charge is 0.326 e. The molecule has 0 bridgehead atoms. The number of anilines is 1. The molecule has 0 aliphatic rings. The lowest BCUT2D eigenvalue weighted by Crippen LogP contribution is -2.05. The zero-order valence-electron chi connectivity index (χ0n) is 12.5. The molecule has 0 radical (unpaired) electrons. The van der Waals surface area contributed by atoms with Crippen LogP contribution in [-0.2, 0) is 4.79 Å². The molecule has 3 nitrogen and oxygen atoms in total. The summed E-state index contributed by atoms with van der Waals surface area (Å²) in [6, 6.07) is 18.0. The van der Waals surface area contributed by atoms with Crippen molar-refractivity contribution in [2.45, 2.75) is 13.8 Å². The van der Waals surface area contributed by atoms with Gasteiger partial charge in [0.25, 0.3) is 0 Å². The first-order valence-corrected chi connectivity index (χ1v) is 7.86. The van der Waals surface area contributed by atoms with E-state index in [0.29, 0.717) is 0 Å². The van der Waals surface area contributed by atoms with Crippen LogP contribution in [0.1, 0.15) is 11.8 Å². The highest BCUT2D eigenvalue weighted by atomic mass is 32.1. The van der Waals surface area contributed by atoms with Gasteiger partial charge in [0.2, 0.25) is 5.91 Å². The van der Waals surface area contributed by atoms with Crippen molar-refractivity contribution in [2.24, 2.45) is 0 Å². The average molecular weight is 308 g/mol. The van der Waals surface area contributed by atoms with Crippen molar-refractivity contribution in [3.8, 4) is 21.8 Å². The number of aryl methyl sites for hydroxylation is 1. The van der Waals surface area contributed by atoms with Crippen molar-refractivity contribution in [1.29, 1.82) is 0 Å². The predicted molar refractivity (Wildman–Crippen MR) is 92.0 cm³/mol. The molecule has 0 aliphatic carbocycles. The minimum Gasteiger partial charge on any atom is -0.326 e. The molecule has 1 amide bonds. The average Bonchev–Trinajstić information content (AvgIpc) is 2.90. The Bertz CT molecular complexity index is 792. The molecule has 1 aromatic heterocycles. The van der Waals surface area contributed by atoms with Crippen molar-refractivity contribution >= 4 is 22.9 Å². The van der Waals surface area contributed by atoms with E-state index in [0.717, 1.165) is 27.5 Å². The third kappa shape index (κ3) is 3.07. The Kier molecular flexibility index (Phi) is 4.02. The molecule has 3 aromatic rings. The topological polar surface area (TPSA) is 42.0 Å². The highest BCUT2D eigenvalue weighted by molar-refractivity contribution is 7.15. The van der Waals surface area contributed by atoms with Gasteiger partial charge in [-0.15, -0.1) is 11.3 Å². The molecule has 1 N–H and O–H groups in total. The van der Waals surface area contributed by atoms with Gasteiger partial charge in [0, 0.05) is 28.6 Å². The van der Waals surface area contributed by atoms with Gasteiger partial charge in [-0.2, -0.15) is 0 Å². The SMILES string of the molecule is CC(=O)Nc1ccc(-c2nc(-c3ccccc3)sc2C)cc1. The van der Waals surface area contributed by atoms with E-state index in [1.54, 1.807) is 11.3 Å². The molecule has 110 valence electrons. The highest BCUT2D eigenvalue weighted by Gasteiger charge is 2.11. The summed E-state index contributed by atoms with van der Waals surface area (Å²) < 4.78 is 0. The molecule has 0 saturated heterocycles. The Balaban J connectivity index is 1.92. The summed E-state index contributed by atoms with van der Waals surface area (Å²) in [5.74, 6) is -0.0658. The van der Waals surface area contributed by atoms with Gasteiger partial charge in [-0.1, -0.05) is 42.5 Å². The predicted octanol–water partition coefficient (Wildman–Crippen LogP) is 4.74. The fourth-order valence-corrected chi connectivity index (χ4v) is 3.22. The minimum absolute atomic E-state index is 0.0658. The third-order valence-corrected chi connectivity index (χ3v) is 4.32. The molecule has 0 atom stereocenters. The fourth-order valence-electron chi connectivity index (χ4n) is 2.28. The first-order chi connectivity index (χ1) is 10.6. The first kappa shape index (κ1) is 14.5. The number of carbonyl (C=O) groups is 1. The summed E-state index contributed by atoms with van der Waals surface area (Å²) in [4.78, 5) is 17.0. The van der Waals surface area contributed by atoms with Gasteiger partial charge in [0.15, 0.2) is 0 Å². The Labute approximate surface area is 133 Å². The zero-order chi connectivity index (χ0) is 15.5. The van der Waals surface area contributed by atoms with Gasteiger partial charge in [-0.05, 0) is 19.1 Å². The molecule has 2 aromatic carbocycles. The summed E-state index contributed by atoms with van der Waals surface area (Å²) in [5.41, 5.74) is 3.99. The van der Waals surface area contributed by atoms with Gasteiger partial charge < -0.3 is 5.32 Å². The lowest BCUT2D eigenvalue weighted by molar-refractivity contribution is -0.114. The summed E-state index contributed by atoms with van der Waals surface area (Å²) in [6.45, 7) is 3.59. The van der Waals surface area contributed by atoms with Crippen LogP contribution >= 0.6 is 11.3 Å². The summed E-state index contributed by atoms with van der Waals surface area (Å²) in [7, 11) is 0. The Hall–Kier alpha value is -2.46. The van der Waals surface area contributed by atoms with Crippen LogP contribution in [0.5, 0.6) is 0 Å². The van der Waals surface area contributed by atoms with E-state index in [9.17, 15) is 4.79 Å². The number of benzene rings is 2. The first-order valence-electron chi connectivity index (χ1n) is 7.04. The van der Waals surface area contributed by atoms with E-state index >= 15 is 0 Å². The van der Waals surface area contributed by atoms with Gasteiger partial charge in [0.1, 0.15) is 5.01 Å². The van der Waals surface area contributed by atoms with E-state index in [1.807, 2.05) is 42.5 Å². The number of nitrogens with zero attached hydrogens (tertiary/aromatic N) is 1. The number of nitrogens with one attached hydrogen (secondary N) is 1. The van der Waals surface area contributed by atoms with Crippen LogP contribution in [0, 0.1) is 6.92 Å². The van der Waals surface area contributed by atoms with Crippen molar-refractivity contribution in [3.63, 3.8) is 0 Å². The molecule has 0 saturated carbocycles. The monoisotopic (exact) mass is 308 g/mol. The molecule has 0 unspecified atom stereocenters. The second-order valence-corrected chi connectivity index (χ2v) is 6.25. The minimum atomic E-state index is -0.0658. The van der Waals surface area contributed by atoms with Crippen LogP contribution in [0.3, 0.4) is 0 Å². The van der Waals surface area contributed by atoms with Crippen LogP contribution in [0.25, 0.3) is 21.8 Å². The van der Waals surface area contributed by atoms with Gasteiger partial charge in [-0.3, -0.25) is 4.79 Å². The smallest absolute Gasteiger partial charge is 0.221 e. The molecule has 22 heavy (non-hydrogen) atoms. The van der Waals surface area contributed by atoms with E-state index in [1.165, 1.54) is 11.8 Å². The second kappa shape index (κ2) is 6.12. The molecule has 0 aliphatic heterocycles. The van der Waals surface area contributed by atoms with Crippen LogP contribution in [-0.4, -0.2) is 10.9 Å². The Morgan fingerprint density at radius 3 is 2.32 bits per heavy atom. The van der Waals surface area contributed by atoms with Crippen LogP contribution in [0.4, 0.5) is 5.69 Å². The van der Waals surface area contributed by atoms with Crippen LogP contribution < -0.4 is 5.32 Å². The van der Waals surface area contributed by atoms with Crippen LogP contribution in [0.2, 0.25) is 0 Å². The number of amides is 1. The summed E-state index contributed by atoms with van der Waals surface area (Å²) >= 11 is 1.70. The van der Waals surface area contributed by atoms with Gasteiger partial charge >= 0.3 is 0 Å². The normalized spacial score (nSPS) is 10.5. The molecular formula is C18H16N2OS. The fraction of sp³-hybridized carbons (Fsp3) is 0.111. The number of rotatable bonds is 3. The molecule has 0 fully saturated rings. The van der Waals surface area contributed by atoms with Crippen LogP contribution in [0.15, 0.2) is 54.6 Å². The summed E-state index contributed by atoms with van der Waals surface area (Å²) in [6.07, 6.45) is 0. The van der Waals surface area contributed by atoms with E-state index in [-0.39, 0.29) is 5.91 Å². The third-order valence-electron chi connectivity index (χ3n) is 3.30. The standard InChI is InChI=1S/C18H16N2OS/c1-12-17(14-8-10-16(11-9-14)19-13(2)21)20-18(22-12)15-6-4-3-5-7-15/h3-11H,1-2H3,(H,19,21). The maximum atomic E-state index is 11.1. The van der Waals surface area contributed by atoms with Crippen molar-refractivity contribution < 1.29 is 4.79 Å². The molecule has 1 heterocycles. The van der Waals surface area contributed by atoms with E-state index < -0.39 is 0 Å². The Morgan fingerprint density at radius 2 is 1.68 bits per heavy atom. The summed E-state index contributed by atoms with van der Waals surface area (Å²) in [5, 5.41) is 3.80. The van der Waals surface area contributed by atoms with Gasteiger partial charge in [-0.25, -0.2) is 4.98 Å². The number of carbonyl (C=O) groups excluding carboxylic acids is 1. The molecular weight excluding hydrogens is 292 g/mol. The number of aromatic nitrogens is 1. The lowest BCUT2D eigenvalue weighted by atomic mass is 10.1. The van der Waals surface area contributed by atoms with E-state index in [4.69, 9.17) is 4.98 Å². The van der Waals surface area contributed by atoms with Crippen molar-refractivity contribution in [1.82, 2.24) is 4.98 Å².